The van der Waals surface area contributed by atoms with Crippen LogP contribution in [0.1, 0.15) is 6.42 Å². The zero-order valence-electron chi connectivity index (χ0n) is 6.92. The molecule has 0 fully saturated rings. The van der Waals surface area contributed by atoms with Crippen LogP contribution in [-0.4, -0.2) is 27.2 Å². The number of aryl methyl sites for hydroxylation is 1. The van der Waals surface area contributed by atoms with Crippen LogP contribution in [0.25, 0.3) is 0 Å². The molecule has 6 heteroatoms. The van der Waals surface area contributed by atoms with Crippen molar-refractivity contribution < 1.29 is 0 Å². The maximum absolute atomic E-state index is 5.51. The lowest BCUT2D eigenvalue weighted by Crippen LogP contribution is -2.07. The van der Waals surface area contributed by atoms with Gasteiger partial charge in [0.15, 0.2) is 0 Å². The first-order valence-electron chi connectivity index (χ1n) is 3.70. The van der Waals surface area contributed by atoms with Crippen molar-refractivity contribution in [1.82, 2.24) is 14.8 Å². The molecule has 1 aromatic heterocycles. The fourth-order valence-electron chi connectivity index (χ4n) is 0.825. The van der Waals surface area contributed by atoms with Crippen molar-refractivity contribution in [1.29, 1.82) is 0 Å². The molecule has 0 atom stereocenters. The maximum Gasteiger partial charge on any atom is 0.241 e. The van der Waals surface area contributed by atoms with Crippen LogP contribution in [0.2, 0.25) is 0 Å². The summed E-state index contributed by atoms with van der Waals surface area (Å²) in [4.78, 5) is 3.96. The minimum Gasteiger partial charge on any atom is -0.366 e. The molecule has 0 aliphatic rings. The Bertz CT molecular complexity index is 246. The Morgan fingerprint density at radius 1 is 1.67 bits per heavy atom. The van der Waals surface area contributed by atoms with Gasteiger partial charge < -0.3 is 11.1 Å². The van der Waals surface area contributed by atoms with Crippen molar-refractivity contribution in [2.24, 2.45) is 7.05 Å². The molecule has 68 valence electrons. The lowest BCUT2D eigenvalue weighted by Gasteiger charge is -2.01. The number of hydrogen-bond donors (Lipinski definition) is 2. The molecule has 0 aromatic carbocycles. The molecule has 0 saturated carbocycles. The van der Waals surface area contributed by atoms with Gasteiger partial charge in [-0.15, -0.1) is 16.7 Å². The van der Waals surface area contributed by atoms with Crippen molar-refractivity contribution in [2.45, 2.75) is 6.42 Å². The zero-order valence-corrected chi connectivity index (χ0v) is 7.67. The first-order chi connectivity index (χ1) is 5.74. The summed E-state index contributed by atoms with van der Waals surface area (Å²) < 4.78 is 1.60. The summed E-state index contributed by atoms with van der Waals surface area (Å²) in [7, 11) is 1.78. The van der Waals surface area contributed by atoms with Crippen LogP contribution in [-0.2, 0) is 7.05 Å². The first-order valence-corrected chi connectivity index (χ1v) is 4.24. The second-order valence-electron chi connectivity index (χ2n) is 2.39. The molecule has 1 aromatic rings. The van der Waals surface area contributed by atoms with E-state index >= 15 is 0 Å². The molecule has 1 rings (SSSR count). The monoisotopic (exact) mass is 189 g/mol. The van der Waals surface area contributed by atoms with Gasteiger partial charge in [-0.3, -0.25) is 0 Å². The predicted octanol–water partition coefficient (Wildman–Crippen LogP) is 0.438. The van der Waals surface area contributed by atoms with E-state index in [0.717, 1.165) is 13.0 Å². The quantitative estimate of drug-likeness (QED) is 0.533. The zero-order chi connectivity index (χ0) is 8.97. The van der Waals surface area contributed by atoms with Gasteiger partial charge in [-0.05, 0) is 6.42 Å². The van der Waals surface area contributed by atoms with E-state index in [4.69, 9.17) is 17.3 Å². The molecule has 0 radical (unpaired) electrons. The SMILES string of the molecule is Cn1nc(N)nc1NCCCCl. The van der Waals surface area contributed by atoms with Gasteiger partial charge in [0.25, 0.3) is 0 Å². The lowest BCUT2D eigenvalue weighted by molar-refractivity contribution is 0.768. The Labute approximate surface area is 75.9 Å². The number of rotatable bonds is 4. The van der Waals surface area contributed by atoms with Crippen LogP contribution in [0, 0.1) is 0 Å². The maximum atomic E-state index is 5.51. The fraction of sp³-hybridized carbons (Fsp3) is 0.667. The largest absolute Gasteiger partial charge is 0.366 e. The van der Waals surface area contributed by atoms with Gasteiger partial charge in [0.05, 0.1) is 0 Å². The van der Waals surface area contributed by atoms with Gasteiger partial charge in [-0.25, -0.2) is 4.68 Å². The molecule has 0 aliphatic carbocycles. The van der Waals surface area contributed by atoms with Crippen LogP contribution in [0.15, 0.2) is 0 Å². The van der Waals surface area contributed by atoms with Crippen molar-refractivity contribution in [3.05, 3.63) is 0 Å². The van der Waals surface area contributed by atoms with Crippen LogP contribution in [0.5, 0.6) is 0 Å². The highest BCUT2D eigenvalue weighted by Gasteiger charge is 2.01. The van der Waals surface area contributed by atoms with E-state index in [0.29, 0.717) is 11.8 Å². The number of nitrogen functional groups attached to an aromatic ring is 1. The summed E-state index contributed by atoms with van der Waals surface area (Å²) in [6.45, 7) is 0.787. The Morgan fingerprint density at radius 2 is 2.42 bits per heavy atom. The average molecular weight is 190 g/mol. The predicted molar refractivity (Wildman–Crippen MR) is 49.2 cm³/mol. The summed E-state index contributed by atoms with van der Waals surface area (Å²) in [5, 5.41) is 6.94. The molecule has 0 spiro atoms. The number of nitrogens with two attached hydrogens (primary N) is 1. The third kappa shape index (κ3) is 2.27. The molecule has 3 N–H and O–H groups in total. The van der Waals surface area contributed by atoms with Gasteiger partial charge in [-0.1, -0.05) is 0 Å². The van der Waals surface area contributed by atoms with Gasteiger partial charge in [0.1, 0.15) is 0 Å². The molecule has 0 saturated heterocycles. The van der Waals surface area contributed by atoms with Crippen molar-refractivity contribution in [3.8, 4) is 0 Å². The highest BCUT2D eigenvalue weighted by Crippen LogP contribution is 2.03. The third-order valence-corrected chi connectivity index (χ3v) is 1.64. The van der Waals surface area contributed by atoms with E-state index in [1.54, 1.807) is 11.7 Å². The molecule has 5 nitrogen and oxygen atoms in total. The molecule has 1 heterocycles. The second kappa shape index (κ2) is 4.15. The van der Waals surface area contributed by atoms with Gasteiger partial charge in [0.2, 0.25) is 11.9 Å². The summed E-state index contributed by atoms with van der Waals surface area (Å²) in [6.07, 6.45) is 0.897. The number of anilines is 2. The van der Waals surface area contributed by atoms with Gasteiger partial charge in [-0.2, -0.15) is 4.98 Å². The van der Waals surface area contributed by atoms with Crippen LogP contribution in [0.4, 0.5) is 11.9 Å². The molecule has 0 amide bonds. The summed E-state index contributed by atoms with van der Waals surface area (Å²) in [5.74, 6) is 1.60. The van der Waals surface area contributed by atoms with E-state index in [1.165, 1.54) is 0 Å². The Balaban J connectivity index is 2.45. The molecular weight excluding hydrogens is 178 g/mol. The Kier molecular flexibility index (Phi) is 3.16. The molecular formula is C6H12ClN5. The van der Waals surface area contributed by atoms with E-state index in [9.17, 15) is 0 Å². The lowest BCUT2D eigenvalue weighted by atomic mass is 10.5. The molecule has 0 unspecified atom stereocenters. The minimum absolute atomic E-state index is 0.283. The summed E-state index contributed by atoms with van der Waals surface area (Å²) >= 11 is 5.51. The third-order valence-electron chi connectivity index (χ3n) is 1.37. The van der Waals surface area contributed by atoms with E-state index in [-0.39, 0.29) is 5.95 Å². The number of nitrogens with zero attached hydrogens (tertiary/aromatic N) is 3. The summed E-state index contributed by atoms with van der Waals surface area (Å²) in [5.41, 5.74) is 5.37. The first kappa shape index (κ1) is 9.12. The molecule has 0 aliphatic heterocycles. The topological polar surface area (TPSA) is 68.8 Å². The van der Waals surface area contributed by atoms with Crippen LogP contribution >= 0.6 is 11.6 Å². The number of aromatic nitrogens is 3. The number of hydrogen-bond acceptors (Lipinski definition) is 4. The molecule has 0 bridgehead atoms. The number of alkyl halides is 1. The second-order valence-corrected chi connectivity index (χ2v) is 2.76. The molecule has 12 heavy (non-hydrogen) atoms. The highest BCUT2D eigenvalue weighted by molar-refractivity contribution is 6.17. The number of nitrogens with one attached hydrogen (secondary N) is 1. The normalized spacial score (nSPS) is 10.2. The summed E-state index contributed by atoms with van der Waals surface area (Å²) in [6, 6.07) is 0. The average Bonchev–Trinajstić information content (AvgIpc) is 2.31. The van der Waals surface area contributed by atoms with E-state index in [2.05, 4.69) is 15.4 Å². The van der Waals surface area contributed by atoms with Crippen LogP contribution in [0.3, 0.4) is 0 Å². The number of halogens is 1. The highest BCUT2D eigenvalue weighted by atomic mass is 35.5. The van der Waals surface area contributed by atoms with Gasteiger partial charge in [0, 0.05) is 19.5 Å². The van der Waals surface area contributed by atoms with E-state index < -0.39 is 0 Å². The van der Waals surface area contributed by atoms with E-state index in [1.807, 2.05) is 0 Å². The smallest absolute Gasteiger partial charge is 0.241 e. The minimum atomic E-state index is 0.283. The fourth-order valence-corrected chi connectivity index (χ4v) is 0.959. The van der Waals surface area contributed by atoms with Crippen LogP contribution < -0.4 is 11.1 Å². The van der Waals surface area contributed by atoms with Crippen molar-refractivity contribution >= 4 is 23.5 Å². The standard InChI is InChI=1S/C6H12ClN5/c1-12-6(9-4-2-3-7)10-5(8)11-12/h2-4H2,1H3,(H3,8,9,10,11). The Morgan fingerprint density at radius 3 is 2.92 bits per heavy atom. The van der Waals surface area contributed by atoms with Gasteiger partial charge >= 0.3 is 0 Å². The Hall–Kier alpha value is -0.970. The van der Waals surface area contributed by atoms with Crippen molar-refractivity contribution in [3.63, 3.8) is 0 Å². The van der Waals surface area contributed by atoms with Crippen molar-refractivity contribution in [2.75, 3.05) is 23.5 Å².